The number of benzene rings is 1. The third-order valence-electron chi connectivity index (χ3n) is 2.34. The maximum atomic E-state index is 12.7. The van der Waals surface area contributed by atoms with E-state index in [1.807, 2.05) is 0 Å². The van der Waals surface area contributed by atoms with Crippen molar-refractivity contribution in [3.05, 3.63) is 28.2 Å². The van der Waals surface area contributed by atoms with Gasteiger partial charge in [-0.15, -0.1) is 0 Å². The molecule has 1 rings (SSSR count). The van der Waals surface area contributed by atoms with E-state index in [2.05, 4.69) is 15.9 Å². The Morgan fingerprint density at radius 1 is 1.35 bits per heavy atom. The summed E-state index contributed by atoms with van der Waals surface area (Å²) in [5, 5.41) is 0. The van der Waals surface area contributed by atoms with Crippen molar-refractivity contribution in [2.75, 3.05) is 6.54 Å². The van der Waals surface area contributed by atoms with Crippen LogP contribution in [0.15, 0.2) is 27.6 Å². The van der Waals surface area contributed by atoms with Crippen LogP contribution in [0.1, 0.15) is 5.56 Å². The van der Waals surface area contributed by atoms with E-state index >= 15 is 0 Å². The normalized spacial score (nSPS) is 12.9. The Morgan fingerprint density at radius 3 is 2.45 bits per heavy atom. The lowest BCUT2D eigenvalue weighted by molar-refractivity contribution is -0.122. The molecular weight excluding hydrogens is 368 g/mol. The third kappa shape index (κ3) is 4.14. The molecule has 0 atom stereocenters. The zero-order valence-corrected chi connectivity index (χ0v) is 12.3. The first kappa shape index (κ1) is 17.3. The highest BCUT2D eigenvalue weighted by atomic mass is 79.9. The first-order valence-electron chi connectivity index (χ1n) is 5.24. The predicted octanol–water partition coefficient (Wildman–Crippen LogP) is 2.09. The second-order valence-corrected chi connectivity index (χ2v) is 6.44. The molecule has 0 saturated heterocycles. The second-order valence-electron chi connectivity index (χ2n) is 3.86. The molecule has 0 fully saturated rings. The number of alkyl halides is 4. The van der Waals surface area contributed by atoms with Gasteiger partial charge in [-0.05, 0) is 33.6 Å². The van der Waals surface area contributed by atoms with E-state index in [9.17, 15) is 26.0 Å². The van der Waals surface area contributed by atoms with Gasteiger partial charge in [0.15, 0.2) is 0 Å². The minimum Gasteiger partial charge on any atom is -0.326 e. The van der Waals surface area contributed by atoms with Gasteiger partial charge in [0.05, 0.1) is 11.4 Å². The van der Waals surface area contributed by atoms with Crippen LogP contribution < -0.4 is 10.5 Å². The fourth-order valence-corrected chi connectivity index (χ4v) is 3.28. The molecule has 0 aromatic heterocycles. The molecular formula is C10H11BrF4N2O2S. The minimum atomic E-state index is -4.44. The van der Waals surface area contributed by atoms with Crippen LogP contribution in [0, 0.1) is 0 Å². The molecule has 1 aromatic carbocycles. The van der Waals surface area contributed by atoms with Crippen molar-refractivity contribution in [1.29, 1.82) is 0 Å². The molecule has 0 spiro atoms. The van der Waals surface area contributed by atoms with Crippen molar-refractivity contribution in [3.63, 3.8) is 0 Å². The first-order valence-corrected chi connectivity index (χ1v) is 7.52. The summed E-state index contributed by atoms with van der Waals surface area (Å²) in [5.74, 6) is -4.44. The predicted molar refractivity (Wildman–Crippen MR) is 68.2 cm³/mol. The van der Waals surface area contributed by atoms with Crippen LogP contribution in [0.3, 0.4) is 0 Å². The topological polar surface area (TPSA) is 72.2 Å². The van der Waals surface area contributed by atoms with Gasteiger partial charge in [0.25, 0.3) is 0 Å². The quantitative estimate of drug-likeness (QED) is 0.744. The maximum Gasteiger partial charge on any atom is 0.320 e. The number of halogens is 5. The van der Waals surface area contributed by atoms with Crippen LogP contribution in [0.25, 0.3) is 0 Å². The van der Waals surface area contributed by atoms with Crippen molar-refractivity contribution in [1.82, 2.24) is 4.72 Å². The van der Waals surface area contributed by atoms with E-state index in [1.54, 1.807) is 0 Å². The van der Waals surface area contributed by atoms with Crippen LogP contribution in [0.2, 0.25) is 0 Å². The van der Waals surface area contributed by atoms with Gasteiger partial charge in [-0.3, -0.25) is 0 Å². The van der Waals surface area contributed by atoms with E-state index < -0.39 is 28.9 Å². The van der Waals surface area contributed by atoms with Crippen molar-refractivity contribution in [2.24, 2.45) is 5.73 Å². The van der Waals surface area contributed by atoms with Crippen LogP contribution in [-0.4, -0.2) is 27.3 Å². The number of sulfonamides is 1. The molecule has 0 bridgehead atoms. The van der Waals surface area contributed by atoms with Gasteiger partial charge in [0.2, 0.25) is 10.0 Å². The highest BCUT2D eigenvalue weighted by Crippen LogP contribution is 2.25. The first-order chi connectivity index (χ1) is 9.10. The SMILES string of the molecule is NCc1ccc(Br)c(S(=O)(=O)NCC(F)(F)C(F)F)c1. The van der Waals surface area contributed by atoms with Crippen molar-refractivity contribution < 1.29 is 26.0 Å². The van der Waals surface area contributed by atoms with E-state index in [1.165, 1.54) is 22.9 Å². The number of hydrogen-bond donors (Lipinski definition) is 2. The number of nitrogens with two attached hydrogens (primary N) is 1. The van der Waals surface area contributed by atoms with Gasteiger partial charge in [-0.25, -0.2) is 21.9 Å². The molecule has 114 valence electrons. The summed E-state index contributed by atoms with van der Waals surface area (Å²) in [6.07, 6.45) is -3.95. The standard InChI is InChI=1S/C10H11BrF4N2O2S/c11-7-2-1-6(4-16)3-8(7)20(18,19)17-5-10(14,15)9(12)13/h1-3,9,17H,4-5,16H2. The molecule has 4 nitrogen and oxygen atoms in total. The summed E-state index contributed by atoms with van der Waals surface area (Å²) in [6, 6.07) is 4.09. The Hall–Kier alpha value is -0.710. The molecule has 0 aliphatic rings. The molecule has 0 heterocycles. The van der Waals surface area contributed by atoms with E-state index in [0.717, 1.165) is 0 Å². The maximum absolute atomic E-state index is 12.7. The van der Waals surface area contributed by atoms with Crippen molar-refractivity contribution in [3.8, 4) is 0 Å². The Balaban J connectivity index is 3.00. The van der Waals surface area contributed by atoms with Crippen LogP contribution in [0.4, 0.5) is 17.6 Å². The lowest BCUT2D eigenvalue weighted by atomic mass is 10.2. The molecule has 0 aliphatic heterocycles. The van der Waals surface area contributed by atoms with Gasteiger partial charge in [0.1, 0.15) is 0 Å². The Morgan fingerprint density at radius 2 is 1.95 bits per heavy atom. The fourth-order valence-electron chi connectivity index (χ4n) is 1.23. The average molecular weight is 379 g/mol. The average Bonchev–Trinajstić information content (AvgIpc) is 2.37. The minimum absolute atomic E-state index is 0.0446. The fraction of sp³-hybridized carbons (Fsp3) is 0.400. The summed E-state index contributed by atoms with van der Waals surface area (Å²) in [7, 11) is -4.36. The summed E-state index contributed by atoms with van der Waals surface area (Å²) in [5.41, 5.74) is 5.80. The molecule has 3 N–H and O–H groups in total. The highest BCUT2D eigenvalue weighted by molar-refractivity contribution is 9.10. The van der Waals surface area contributed by atoms with Gasteiger partial charge >= 0.3 is 12.3 Å². The zero-order chi connectivity index (χ0) is 15.6. The molecule has 0 saturated carbocycles. The summed E-state index contributed by atoms with van der Waals surface area (Å²) >= 11 is 2.95. The second kappa shape index (κ2) is 6.37. The molecule has 1 aromatic rings. The van der Waals surface area contributed by atoms with E-state index in [4.69, 9.17) is 5.73 Å². The highest BCUT2D eigenvalue weighted by Gasteiger charge is 2.41. The van der Waals surface area contributed by atoms with Gasteiger partial charge in [-0.2, -0.15) is 8.78 Å². The summed E-state index contributed by atoms with van der Waals surface area (Å²) in [6.45, 7) is -1.64. The van der Waals surface area contributed by atoms with E-state index in [0.29, 0.717) is 5.56 Å². The Labute approximate surface area is 121 Å². The number of nitrogens with one attached hydrogen (secondary N) is 1. The van der Waals surface area contributed by atoms with Crippen molar-refractivity contribution >= 4 is 26.0 Å². The monoisotopic (exact) mass is 378 g/mol. The third-order valence-corrected chi connectivity index (χ3v) is 4.73. The lowest BCUT2D eigenvalue weighted by Gasteiger charge is -2.16. The molecule has 20 heavy (non-hydrogen) atoms. The largest absolute Gasteiger partial charge is 0.326 e. The molecule has 10 heteroatoms. The number of hydrogen-bond acceptors (Lipinski definition) is 3. The molecule has 0 unspecified atom stereocenters. The summed E-state index contributed by atoms with van der Waals surface area (Å²) in [4.78, 5) is -0.342. The zero-order valence-electron chi connectivity index (χ0n) is 9.92. The molecule has 0 aliphatic carbocycles. The van der Waals surface area contributed by atoms with Gasteiger partial charge < -0.3 is 5.73 Å². The Bertz CT molecular complexity index is 581. The smallest absolute Gasteiger partial charge is 0.320 e. The van der Waals surface area contributed by atoms with Crippen LogP contribution in [0.5, 0.6) is 0 Å². The lowest BCUT2D eigenvalue weighted by Crippen LogP contribution is -2.41. The number of rotatable bonds is 6. The van der Waals surface area contributed by atoms with Crippen LogP contribution >= 0.6 is 15.9 Å². The summed E-state index contributed by atoms with van der Waals surface area (Å²) < 4.78 is 74.6. The van der Waals surface area contributed by atoms with E-state index in [-0.39, 0.29) is 15.9 Å². The molecule has 0 amide bonds. The van der Waals surface area contributed by atoms with Crippen molar-refractivity contribution in [2.45, 2.75) is 23.8 Å². The van der Waals surface area contributed by atoms with Gasteiger partial charge in [-0.1, -0.05) is 6.07 Å². The van der Waals surface area contributed by atoms with Crippen LogP contribution in [-0.2, 0) is 16.6 Å². The molecule has 0 radical (unpaired) electrons. The Kier molecular flexibility index (Phi) is 5.53. The van der Waals surface area contributed by atoms with Gasteiger partial charge in [0, 0.05) is 11.0 Å².